The highest BCUT2D eigenvalue weighted by molar-refractivity contribution is 5.75. The van der Waals surface area contributed by atoms with E-state index in [1.165, 1.54) is 25.7 Å². The van der Waals surface area contributed by atoms with Gasteiger partial charge in [-0.15, -0.1) is 0 Å². The zero-order valence-electron chi connectivity index (χ0n) is 12.8. The van der Waals surface area contributed by atoms with E-state index in [0.29, 0.717) is 18.4 Å². The van der Waals surface area contributed by atoms with E-state index in [0.717, 1.165) is 0 Å². The summed E-state index contributed by atoms with van der Waals surface area (Å²) < 4.78 is 0. The average molecular weight is 284 g/mol. The van der Waals surface area contributed by atoms with Crippen molar-refractivity contribution in [2.45, 2.75) is 46.5 Å². The van der Waals surface area contributed by atoms with Crippen molar-refractivity contribution in [3.8, 4) is 0 Å². The normalized spacial score (nSPS) is 24.2. The second kappa shape index (κ2) is 8.12. The van der Waals surface area contributed by atoms with E-state index < -0.39 is 11.9 Å². The van der Waals surface area contributed by atoms with Gasteiger partial charge in [0.15, 0.2) is 0 Å². The van der Waals surface area contributed by atoms with E-state index in [9.17, 15) is 9.59 Å². The largest absolute Gasteiger partial charge is 0.481 e. The maximum atomic E-state index is 11.7. The molecule has 1 aliphatic carbocycles. The molecule has 20 heavy (non-hydrogen) atoms. The van der Waals surface area contributed by atoms with Crippen molar-refractivity contribution in [2.75, 3.05) is 13.1 Å². The number of urea groups is 1. The summed E-state index contributed by atoms with van der Waals surface area (Å²) in [6, 6.07) is -0.255. The molecule has 0 aromatic heterocycles. The fourth-order valence-electron chi connectivity index (χ4n) is 2.79. The summed E-state index contributed by atoms with van der Waals surface area (Å²) in [5, 5.41) is 14.6. The minimum absolute atomic E-state index is 0.00571. The van der Waals surface area contributed by atoms with Crippen LogP contribution in [0.3, 0.4) is 0 Å². The first-order valence-electron chi connectivity index (χ1n) is 7.66. The lowest BCUT2D eigenvalue weighted by Crippen LogP contribution is -2.43. The van der Waals surface area contributed by atoms with Crippen LogP contribution >= 0.6 is 0 Å². The minimum atomic E-state index is -0.860. The van der Waals surface area contributed by atoms with Crippen LogP contribution in [-0.4, -0.2) is 30.2 Å². The van der Waals surface area contributed by atoms with Crippen LogP contribution in [0.5, 0.6) is 0 Å². The van der Waals surface area contributed by atoms with Crippen molar-refractivity contribution in [3.05, 3.63) is 0 Å². The van der Waals surface area contributed by atoms with Crippen LogP contribution in [0.15, 0.2) is 0 Å². The lowest BCUT2D eigenvalue weighted by molar-refractivity contribution is -0.142. The molecule has 1 aliphatic rings. The van der Waals surface area contributed by atoms with Gasteiger partial charge in [-0.1, -0.05) is 40.0 Å². The van der Waals surface area contributed by atoms with Crippen LogP contribution in [0, 0.1) is 23.7 Å². The number of hydrogen-bond donors (Lipinski definition) is 3. The molecule has 0 spiro atoms. The van der Waals surface area contributed by atoms with E-state index >= 15 is 0 Å². The second-order valence-electron chi connectivity index (χ2n) is 6.30. The topological polar surface area (TPSA) is 78.4 Å². The molecular formula is C15H28N2O3. The fraction of sp³-hybridized carbons (Fsp3) is 0.867. The van der Waals surface area contributed by atoms with Gasteiger partial charge in [-0.05, 0) is 24.2 Å². The third-order valence-corrected chi connectivity index (χ3v) is 4.42. The summed E-state index contributed by atoms with van der Waals surface area (Å²) in [5.74, 6) is -0.178. The van der Waals surface area contributed by atoms with Gasteiger partial charge in [-0.2, -0.15) is 0 Å². The second-order valence-corrected chi connectivity index (χ2v) is 6.30. The molecule has 0 aromatic rings. The average Bonchev–Trinajstić information content (AvgIpc) is 2.37. The van der Waals surface area contributed by atoms with E-state index in [1.54, 1.807) is 0 Å². The Morgan fingerprint density at radius 3 is 2.40 bits per heavy atom. The van der Waals surface area contributed by atoms with E-state index in [-0.39, 0.29) is 18.5 Å². The number of carbonyl (C=O) groups excluding carboxylic acids is 1. The van der Waals surface area contributed by atoms with Crippen molar-refractivity contribution in [1.82, 2.24) is 10.6 Å². The number of carbonyl (C=O) groups is 2. The Balaban J connectivity index is 2.27. The molecule has 1 fully saturated rings. The summed E-state index contributed by atoms with van der Waals surface area (Å²) in [5.41, 5.74) is 0. The van der Waals surface area contributed by atoms with Crippen LogP contribution < -0.4 is 10.6 Å². The number of carboxylic acids is 1. The smallest absolute Gasteiger partial charge is 0.314 e. The molecule has 3 N–H and O–H groups in total. The van der Waals surface area contributed by atoms with Crippen molar-refractivity contribution in [3.63, 3.8) is 0 Å². The molecular weight excluding hydrogens is 256 g/mol. The monoisotopic (exact) mass is 284 g/mol. The molecule has 116 valence electrons. The molecule has 0 bridgehead atoms. The lowest BCUT2D eigenvalue weighted by atomic mass is 9.80. The van der Waals surface area contributed by atoms with Gasteiger partial charge in [0.05, 0.1) is 5.92 Å². The Hall–Kier alpha value is -1.26. The minimum Gasteiger partial charge on any atom is -0.481 e. The van der Waals surface area contributed by atoms with Crippen molar-refractivity contribution >= 4 is 12.0 Å². The maximum absolute atomic E-state index is 11.7. The quantitative estimate of drug-likeness (QED) is 0.701. The van der Waals surface area contributed by atoms with E-state index in [1.807, 2.05) is 13.8 Å². The first-order valence-corrected chi connectivity index (χ1v) is 7.66. The molecule has 2 amide bonds. The molecule has 1 saturated carbocycles. The Labute approximate surface area is 121 Å². The van der Waals surface area contributed by atoms with Gasteiger partial charge in [0.2, 0.25) is 0 Å². The number of carboxylic acid groups (broad SMARTS) is 1. The van der Waals surface area contributed by atoms with Crippen LogP contribution in [0.4, 0.5) is 4.79 Å². The zero-order chi connectivity index (χ0) is 15.1. The van der Waals surface area contributed by atoms with Gasteiger partial charge < -0.3 is 15.7 Å². The Bertz CT molecular complexity index is 331. The zero-order valence-corrected chi connectivity index (χ0v) is 12.8. The Morgan fingerprint density at radius 2 is 1.85 bits per heavy atom. The van der Waals surface area contributed by atoms with Gasteiger partial charge in [0.25, 0.3) is 0 Å². The number of rotatable bonds is 6. The highest BCUT2D eigenvalue weighted by Crippen LogP contribution is 2.28. The molecule has 0 saturated heterocycles. The highest BCUT2D eigenvalue weighted by atomic mass is 16.4. The highest BCUT2D eigenvalue weighted by Gasteiger charge is 2.23. The van der Waals surface area contributed by atoms with Crippen molar-refractivity contribution < 1.29 is 14.7 Å². The van der Waals surface area contributed by atoms with Gasteiger partial charge in [0, 0.05) is 13.1 Å². The first kappa shape index (κ1) is 16.8. The molecule has 3 atom stereocenters. The van der Waals surface area contributed by atoms with Gasteiger partial charge >= 0.3 is 12.0 Å². The standard InChI is InChI=1S/C15H28N2O3/c1-10(2)13(14(18)19)9-17-15(20)16-8-12-7-5-4-6-11(12)3/h10-13H,4-9H2,1-3H3,(H,18,19)(H2,16,17,20). The first-order chi connectivity index (χ1) is 9.41. The lowest BCUT2D eigenvalue weighted by Gasteiger charge is -2.28. The SMILES string of the molecule is CC(C)C(CNC(=O)NCC1CCCCC1C)C(=O)O. The van der Waals surface area contributed by atoms with Gasteiger partial charge in [-0.3, -0.25) is 4.79 Å². The summed E-state index contributed by atoms with van der Waals surface area (Å²) >= 11 is 0. The fourth-order valence-corrected chi connectivity index (χ4v) is 2.79. The molecule has 0 aliphatic heterocycles. The molecule has 1 rings (SSSR count). The number of hydrogen-bond acceptors (Lipinski definition) is 2. The summed E-state index contributed by atoms with van der Waals surface area (Å²) in [6.45, 7) is 6.80. The summed E-state index contributed by atoms with van der Waals surface area (Å²) in [4.78, 5) is 22.8. The number of nitrogens with one attached hydrogen (secondary N) is 2. The molecule has 0 radical (unpaired) electrons. The number of aliphatic carboxylic acids is 1. The van der Waals surface area contributed by atoms with Crippen LogP contribution in [-0.2, 0) is 4.79 Å². The Kier molecular flexibility index (Phi) is 6.82. The molecule has 0 heterocycles. The predicted molar refractivity (Wildman–Crippen MR) is 78.5 cm³/mol. The van der Waals surface area contributed by atoms with Crippen molar-refractivity contribution in [2.24, 2.45) is 23.7 Å². The van der Waals surface area contributed by atoms with Gasteiger partial charge in [0.1, 0.15) is 0 Å². The predicted octanol–water partition coefficient (Wildman–Crippen LogP) is 2.47. The van der Waals surface area contributed by atoms with Gasteiger partial charge in [-0.25, -0.2) is 4.79 Å². The Morgan fingerprint density at radius 1 is 1.20 bits per heavy atom. The van der Waals surface area contributed by atoms with Crippen LogP contribution in [0.1, 0.15) is 46.5 Å². The van der Waals surface area contributed by atoms with Crippen molar-refractivity contribution in [1.29, 1.82) is 0 Å². The maximum Gasteiger partial charge on any atom is 0.314 e. The summed E-state index contributed by atoms with van der Waals surface area (Å²) in [6.07, 6.45) is 4.94. The molecule has 5 nitrogen and oxygen atoms in total. The van der Waals surface area contributed by atoms with Crippen LogP contribution in [0.25, 0.3) is 0 Å². The molecule has 3 unspecified atom stereocenters. The van der Waals surface area contributed by atoms with E-state index in [2.05, 4.69) is 17.6 Å². The third-order valence-electron chi connectivity index (χ3n) is 4.42. The molecule has 5 heteroatoms. The molecule has 0 aromatic carbocycles. The summed E-state index contributed by atoms with van der Waals surface area (Å²) in [7, 11) is 0. The third kappa shape index (κ3) is 5.39. The number of amides is 2. The van der Waals surface area contributed by atoms with Crippen LogP contribution in [0.2, 0.25) is 0 Å². The van der Waals surface area contributed by atoms with E-state index in [4.69, 9.17) is 5.11 Å².